The van der Waals surface area contributed by atoms with Crippen LogP contribution in [0.5, 0.6) is 0 Å². The third kappa shape index (κ3) is 4.79. The zero-order valence-electron chi connectivity index (χ0n) is 17.3. The summed E-state index contributed by atoms with van der Waals surface area (Å²) < 4.78 is 28.6. The number of hydrogen-bond donors (Lipinski definition) is 1. The Morgan fingerprint density at radius 2 is 2.00 bits per heavy atom. The van der Waals surface area contributed by atoms with Crippen LogP contribution in [0.15, 0.2) is 29.6 Å². The molecule has 0 spiro atoms. The molecule has 0 atom stereocenters. The van der Waals surface area contributed by atoms with Gasteiger partial charge in [-0.2, -0.15) is 5.10 Å². The lowest BCUT2D eigenvalue weighted by atomic mass is 10.1. The third-order valence-electron chi connectivity index (χ3n) is 5.17. The average Bonchev–Trinajstić information content (AvgIpc) is 3.17. The predicted octanol–water partition coefficient (Wildman–Crippen LogP) is 3.64. The van der Waals surface area contributed by atoms with E-state index in [2.05, 4.69) is 27.2 Å². The van der Waals surface area contributed by atoms with E-state index in [1.165, 1.54) is 6.42 Å². The summed E-state index contributed by atoms with van der Waals surface area (Å²) in [5, 5.41) is 8.70. The van der Waals surface area contributed by atoms with Gasteiger partial charge in [-0.15, -0.1) is 0 Å². The van der Waals surface area contributed by atoms with Crippen LogP contribution in [0.1, 0.15) is 36.5 Å². The van der Waals surface area contributed by atoms with Crippen LogP contribution >= 0.6 is 11.8 Å². The first-order valence-electron chi connectivity index (χ1n) is 10.4. The summed E-state index contributed by atoms with van der Waals surface area (Å²) in [7, 11) is 0. The smallest absolute Gasteiger partial charge is 0.254 e. The number of carbonyl (C=O) groups excluding carboxylic acids is 1. The minimum atomic E-state index is -0.887. The van der Waals surface area contributed by atoms with Crippen molar-refractivity contribution in [2.24, 2.45) is 0 Å². The summed E-state index contributed by atoms with van der Waals surface area (Å²) in [5.74, 6) is -0.438. The Labute approximate surface area is 183 Å². The number of nitrogens with one attached hydrogen (secondary N) is 1. The van der Waals surface area contributed by atoms with Crippen molar-refractivity contribution in [2.75, 3.05) is 30.3 Å². The number of piperidine rings is 1. The molecule has 1 aromatic carbocycles. The van der Waals surface area contributed by atoms with Crippen molar-refractivity contribution in [1.82, 2.24) is 25.1 Å². The summed E-state index contributed by atoms with van der Waals surface area (Å²) in [6.07, 6.45) is 5.28. The highest BCUT2D eigenvalue weighted by Crippen LogP contribution is 2.29. The maximum absolute atomic E-state index is 13.8. The molecular formula is C21H24F2N6OS. The molecule has 0 unspecified atom stereocenters. The highest BCUT2D eigenvalue weighted by atomic mass is 32.2. The largest absolute Gasteiger partial charge is 0.356 e. The van der Waals surface area contributed by atoms with Crippen LogP contribution in [-0.2, 0) is 6.54 Å². The molecule has 0 saturated carbocycles. The first-order valence-corrected chi connectivity index (χ1v) is 11.4. The van der Waals surface area contributed by atoms with Crippen molar-refractivity contribution in [3.05, 3.63) is 41.6 Å². The molecule has 4 rings (SSSR count). The lowest BCUT2D eigenvalue weighted by molar-refractivity contribution is 0.0948. The minimum absolute atomic E-state index is 0.192. The van der Waals surface area contributed by atoms with Gasteiger partial charge in [-0.25, -0.2) is 23.4 Å². The van der Waals surface area contributed by atoms with Gasteiger partial charge in [0.05, 0.1) is 23.7 Å². The number of hydrogen-bond acceptors (Lipinski definition) is 6. The molecule has 10 heteroatoms. The number of rotatable bonds is 7. The van der Waals surface area contributed by atoms with Crippen LogP contribution in [0.25, 0.3) is 11.0 Å². The van der Waals surface area contributed by atoms with E-state index in [4.69, 9.17) is 4.98 Å². The SMILES string of the molecule is CCSc1nc(N2CCCCC2)c2cnn(CCNC(=O)c3ccc(F)cc3F)c2n1. The van der Waals surface area contributed by atoms with Gasteiger partial charge in [-0.05, 0) is 37.1 Å². The van der Waals surface area contributed by atoms with E-state index >= 15 is 0 Å². The first-order chi connectivity index (χ1) is 15.1. The van der Waals surface area contributed by atoms with Crippen molar-refractivity contribution in [1.29, 1.82) is 0 Å². The number of fused-ring (bicyclic) bond motifs is 1. The lowest BCUT2D eigenvalue weighted by Gasteiger charge is -2.28. The monoisotopic (exact) mass is 446 g/mol. The molecule has 3 heterocycles. The van der Waals surface area contributed by atoms with Crippen molar-refractivity contribution in [3.8, 4) is 0 Å². The fourth-order valence-electron chi connectivity index (χ4n) is 3.67. The Morgan fingerprint density at radius 3 is 2.74 bits per heavy atom. The van der Waals surface area contributed by atoms with Crippen molar-refractivity contribution in [2.45, 2.75) is 37.9 Å². The predicted molar refractivity (Wildman–Crippen MR) is 116 cm³/mol. The van der Waals surface area contributed by atoms with Crippen LogP contribution in [0, 0.1) is 11.6 Å². The van der Waals surface area contributed by atoms with Crippen LogP contribution in [0.3, 0.4) is 0 Å². The fourth-order valence-corrected chi connectivity index (χ4v) is 4.23. The Kier molecular flexibility index (Phi) is 6.64. The van der Waals surface area contributed by atoms with Crippen LogP contribution < -0.4 is 10.2 Å². The standard InChI is InChI=1S/C21H24F2N6OS/c1-2-31-21-26-18(28-9-4-3-5-10-28)16-13-25-29(19(16)27-21)11-8-24-20(30)15-7-6-14(22)12-17(15)23/h6-7,12-13H,2-5,8-11H2,1H3,(H,24,30). The number of thioether (sulfide) groups is 1. The van der Waals surface area contributed by atoms with E-state index in [0.29, 0.717) is 23.4 Å². The summed E-state index contributed by atoms with van der Waals surface area (Å²) in [6.45, 7) is 4.58. The van der Waals surface area contributed by atoms with Gasteiger partial charge in [0.25, 0.3) is 5.91 Å². The molecule has 7 nitrogen and oxygen atoms in total. The molecule has 3 aromatic rings. The zero-order chi connectivity index (χ0) is 21.8. The molecule has 2 aromatic heterocycles. The number of nitrogens with zero attached hydrogens (tertiary/aromatic N) is 5. The second-order valence-corrected chi connectivity index (χ2v) is 8.53. The number of amides is 1. The van der Waals surface area contributed by atoms with E-state index in [1.54, 1.807) is 22.6 Å². The molecule has 1 aliphatic rings. The summed E-state index contributed by atoms with van der Waals surface area (Å²) in [6, 6.07) is 2.89. The van der Waals surface area contributed by atoms with Crippen LogP contribution in [0.4, 0.5) is 14.6 Å². The zero-order valence-corrected chi connectivity index (χ0v) is 18.1. The van der Waals surface area contributed by atoms with E-state index < -0.39 is 17.5 Å². The van der Waals surface area contributed by atoms with Gasteiger partial charge in [-0.1, -0.05) is 18.7 Å². The molecule has 1 N–H and O–H groups in total. The average molecular weight is 447 g/mol. The summed E-state index contributed by atoms with van der Waals surface area (Å²) >= 11 is 1.58. The molecule has 1 aliphatic heterocycles. The number of anilines is 1. The number of carbonyl (C=O) groups is 1. The maximum atomic E-state index is 13.8. The van der Waals surface area contributed by atoms with E-state index in [9.17, 15) is 13.6 Å². The van der Waals surface area contributed by atoms with Crippen molar-refractivity contribution in [3.63, 3.8) is 0 Å². The highest BCUT2D eigenvalue weighted by Gasteiger charge is 2.20. The number of aromatic nitrogens is 4. The second-order valence-electron chi connectivity index (χ2n) is 7.30. The van der Waals surface area contributed by atoms with Gasteiger partial charge in [0.1, 0.15) is 17.5 Å². The van der Waals surface area contributed by atoms with E-state index in [0.717, 1.165) is 55.0 Å². The first kappa shape index (κ1) is 21.5. The molecule has 0 aliphatic carbocycles. The van der Waals surface area contributed by atoms with Crippen molar-refractivity contribution >= 4 is 34.5 Å². The Balaban J connectivity index is 1.52. The Morgan fingerprint density at radius 1 is 1.19 bits per heavy atom. The topological polar surface area (TPSA) is 75.9 Å². The second kappa shape index (κ2) is 9.59. The highest BCUT2D eigenvalue weighted by molar-refractivity contribution is 7.99. The van der Waals surface area contributed by atoms with Crippen molar-refractivity contribution < 1.29 is 13.6 Å². The van der Waals surface area contributed by atoms with Gasteiger partial charge >= 0.3 is 0 Å². The normalized spacial score (nSPS) is 14.2. The van der Waals surface area contributed by atoms with E-state index in [1.807, 2.05) is 0 Å². The molecule has 164 valence electrons. The maximum Gasteiger partial charge on any atom is 0.254 e. The van der Waals surface area contributed by atoms with Crippen LogP contribution in [-0.4, -0.2) is 51.0 Å². The molecule has 31 heavy (non-hydrogen) atoms. The Bertz CT molecular complexity index is 1080. The minimum Gasteiger partial charge on any atom is -0.356 e. The lowest BCUT2D eigenvalue weighted by Crippen LogP contribution is -2.30. The third-order valence-corrected chi connectivity index (χ3v) is 5.90. The summed E-state index contributed by atoms with van der Waals surface area (Å²) in [5.41, 5.74) is 0.525. The Hall–Kier alpha value is -2.75. The van der Waals surface area contributed by atoms with Gasteiger partial charge in [-0.3, -0.25) is 4.79 Å². The molecular weight excluding hydrogens is 422 g/mol. The number of halogens is 2. The summed E-state index contributed by atoms with van der Waals surface area (Å²) in [4.78, 5) is 24.0. The van der Waals surface area contributed by atoms with E-state index in [-0.39, 0.29) is 12.1 Å². The van der Waals surface area contributed by atoms with Gasteiger partial charge in [0, 0.05) is 25.7 Å². The number of benzene rings is 1. The molecule has 0 bridgehead atoms. The van der Waals surface area contributed by atoms with Gasteiger partial charge in [0.15, 0.2) is 10.8 Å². The molecule has 1 saturated heterocycles. The van der Waals surface area contributed by atoms with Crippen LogP contribution in [0.2, 0.25) is 0 Å². The molecule has 1 fully saturated rings. The van der Waals surface area contributed by atoms with Gasteiger partial charge < -0.3 is 10.2 Å². The molecule has 1 amide bonds. The quantitative estimate of drug-likeness (QED) is 0.441. The fraction of sp³-hybridized carbons (Fsp3) is 0.429. The van der Waals surface area contributed by atoms with Gasteiger partial charge in [0.2, 0.25) is 0 Å². The molecule has 0 radical (unpaired) electrons.